The molecule has 3 heterocycles. The monoisotopic (exact) mass is 265 g/mol. The molecular formula is C11H11N3O3S. The van der Waals surface area contributed by atoms with Gasteiger partial charge in [-0.25, -0.2) is 10.0 Å². The fourth-order valence-corrected chi connectivity index (χ4v) is 3.09. The first kappa shape index (κ1) is 11.4. The molecule has 1 amide bonds. The molecule has 0 radical (unpaired) electrons. The van der Waals surface area contributed by atoms with Crippen LogP contribution in [0.5, 0.6) is 0 Å². The van der Waals surface area contributed by atoms with Gasteiger partial charge in [0.25, 0.3) is 11.5 Å². The first-order valence-electron chi connectivity index (χ1n) is 5.60. The molecule has 1 saturated heterocycles. The van der Waals surface area contributed by atoms with Gasteiger partial charge in [-0.3, -0.25) is 14.4 Å². The number of aromatic nitrogens is 2. The summed E-state index contributed by atoms with van der Waals surface area (Å²) < 4.78 is 0. The first-order valence-corrected chi connectivity index (χ1v) is 6.41. The van der Waals surface area contributed by atoms with Crippen molar-refractivity contribution in [3.63, 3.8) is 0 Å². The van der Waals surface area contributed by atoms with E-state index in [1.54, 1.807) is 6.92 Å². The number of carbonyl (C=O) groups excluding carboxylic acids is 1. The lowest BCUT2D eigenvalue weighted by atomic mass is 10.2. The number of aromatic amines is 1. The summed E-state index contributed by atoms with van der Waals surface area (Å²) in [6, 6.07) is 0. The number of nitrogens with zero attached hydrogens (tertiary/aromatic N) is 2. The molecule has 0 spiro atoms. The molecule has 94 valence electrons. The summed E-state index contributed by atoms with van der Waals surface area (Å²) >= 11 is 1.23. The van der Waals surface area contributed by atoms with Gasteiger partial charge < -0.3 is 4.98 Å². The van der Waals surface area contributed by atoms with Crippen molar-refractivity contribution in [1.29, 1.82) is 0 Å². The van der Waals surface area contributed by atoms with Gasteiger partial charge >= 0.3 is 0 Å². The molecule has 0 aromatic carbocycles. The maximum absolute atomic E-state index is 12.2. The lowest BCUT2D eigenvalue weighted by molar-refractivity contribution is -0.0765. The molecule has 0 bridgehead atoms. The maximum Gasteiger partial charge on any atom is 0.287 e. The minimum atomic E-state index is -0.213. The number of carbonyl (C=O) groups is 1. The van der Waals surface area contributed by atoms with Crippen molar-refractivity contribution in [3.05, 3.63) is 27.1 Å². The second kappa shape index (κ2) is 4.18. The third kappa shape index (κ3) is 1.63. The maximum atomic E-state index is 12.2. The zero-order chi connectivity index (χ0) is 12.7. The Kier molecular flexibility index (Phi) is 2.64. The average molecular weight is 265 g/mol. The van der Waals surface area contributed by atoms with Crippen LogP contribution in [0.2, 0.25) is 0 Å². The van der Waals surface area contributed by atoms with E-state index < -0.39 is 0 Å². The Morgan fingerprint density at radius 2 is 2.44 bits per heavy atom. The number of hydroxylamine groups is 2. The summed E-state index contributed by atoms with van der Waals surface area (Å²) in [7, 11) is 0. The van der Waals surface area contributed by atoms with Gasteiger partial charge in [0.05, 0.1) is 24.9 Å². The van der Waals surface area contributed by atoms with Gasteiger partial charge in [-0.05, 0) is 18.9 Å². The number of hydrogen-bond donors (Lipinski definition) is 1. The van der Waals surface area contributed by atoms with Gasteiger partial charge in [0, 0.05) is 0 Å². The summed E-state index contributed by atoms with van der Waals surface area (Å²) in [6.45, 7) is 2.92. The van der Waals surface area contributed by atoms with E-state index in [2.05, 4.69) is 9.97 Å². The van der Waals surface area contributed by atoms with Crippen molar-refractivity contribution in [1.82, 2.24) is 15.0 Å². The number of rotatable bonds is 1. The quantitative estimate of drug-likeness (QED) is 0.837. The lowest BCUT2D eigenvalue weighted by Crippen LogP contribution is -2.26. The fourth-order valence-electron chi connectivity index (χ4n) is 2.00. The third-order valence-electron chi connectivity index (χ3n) is 2.91. The molecule has 7 heteroatoms. The fraction of sp³-hybridized carbons (Fsp3) is 0.364. The average Bonchev–Trinajstić information content (AvgIpc) is 2.97. The molecule has 0 unspecified atom stereocenters. The molecule has 1 aliphatic rings. The van der Waals surface area contributed by atoms with Crippen molar-refractivity contribution >= 4 is 27.5 Å². The van der Waals surface area contributed by atoms with Gasteiger partial charge in [-0.15, -0.1) is 11.3 Å². The van der Waals surface area contributed by atoms with Crippen LogP contribution in [0.15, 0.2) is 11.1 Å². The van der Waals surface area contributed by atoms with Crippen LogP contribution in [0.1, 0.15) is 21.7 Å². The normalized spacial score (nSPS) is 15.5. The predicted octanol–water partition coefficient (Wildman–Crippen LogP) is 1.07. The number of fused-ring (bicyclic) bond motifs is 1. The second-order valence-corrected chi connectivity index (χ2v) is 5.06. The third-order valence-corrected chi connectivity index (χ3v) is 4.09. The van der Waals surface area contributed by atoms with Crippen molar-refractivity contribution in [2.45, 2.75) is 13.3 Å². The molecule has 0 saturated carbocycles. The van der Waals surface area contributed by atoms with Gasteiger partial charge in [0.1, 0.15) is 9.71 Å². The van der Waals surface area contributed by atoms with Gasteiger partial charge in [0.2, 0.25) is 0 Å². The number of thiophene rings is 1. The van der Waals surface area contributed by atoms with Crippen LogP contribution >= 0.6 is 11.3 Å². The van der Waals surface area contributed by atoms with Crippen molar-refractivity contribution in [2.24, 2.45) is 0 Å². The van der Waals surface area contributed by atoms with E-state index in [0.29, 0.717) is 33.8 Å². The molecule has 2 aromatic rings. The zero-order valence-electron chi connectivity index (χ0n) is 9.73. The lowest BCUT2D eigenvalue weighted by Gasteiger charge is -2.12. The van der Waals surface area contributed by atoms with Gasteiger partial charge in [-0.1, -0.05) is 0 Å². The number of amides is 1. The molecule has 1 aliphatic heterocycles. The van der Waals surface area contributed by atoms with Crippen LogP contribution in [0.3, 0.4) is 0 Å². The highest BCUT2D eigenvalue weighted by atomic mass is 32.1. The van der Waals surface area contributed by atoms with Crippen LogP contribution in [-0.2, 0) is 4.84 Å². The van der Waals surface area contributed by atoms with E-state index in [0.717, 1.165) is 6.42 Å². The Morgan fingerprint density at radius 1 is 1.61 bits per heavy atom. The van der Waals surface area contributed by atoms with E-state index in [1.807, 2.05) is 0 Å². The van der Waals surface area contributed by atoms with E-state index in [1.165, 1.54) is 22.7 Å². The van der Waals surface area contributed by atoms with Crippen LogP contribution in [0.25, 0.3) is 10.2 Å². The molecule has 0 aliphatic carbocycles. The van der Waals surface area contributed by atoms with E-state index >= 15 is 0 Å². The van der Waals surface area contributed by atoms with E-state index in [-0.39, 0.29) is 11.5 Å². The Morgan fingerprint density at radius 3 is 3.11 bits per heavy atom. The summed E-state index contributed by atoms with van der Waals surface area (Å²) in [5, 5.41) is 1.84. The minimum Gasteiger partial charge on any atom is -0.313 e. The molecule has 6 nitrogen and oxygen atoms in total. The standard InChI is InChI=1S/C11H11N3O3S/c1-6-7-9(15)12-5-13-10(7)18-8(6)11(16)14-3-2-4-17-14/h5H,2-4H2,1H3,(H,12,13,15). The zero-order valence-corrected chi connectivity index (χ0v) is 10.5. The predicted molar refractivity (Wildman–Crippen MR) is 66.6 cm³/mol. The van der Waals surface area contributed by atoms with Crippen molar-refractivity contribution in [3.8, 4) is 0 Å². The molecule has 0 atom stereocenters. The van der Waals surface area contributed by atoms with Crippen LogP contribution in [0.4, 0.5) is 0 Å². The van der Waals surface area contributed by atoms with Gasteiger partial charge in [-0.2, -0.15) is 0 Å². The first-order chi connectivity index (χ1) is 8.68. The number of aryl methyl sites for hydroxylation is 1. The summed E-state index contributed by atoms with van der Waals surface area (Å²) in [5.41, 5.74) is 0.458. The van der Waals surface area contributed by atoms with Crippen LogP contribution in [0, 0.1) is 6.92 Å². The van der Waals surface area contributed by atoms with Crippen molar-refractivity contribution < 1.29 is 9.63 Å². The summed E-state index contributed by atoms with van der Waals surface area (Å²) in [4.78, 5) is 36.9. The van der Waals surface area contributed by atoms with E-state index in [4.69, 9.17) is 4.84 Å². The Labute approximate surface area is 106 Å². The Hall–Kier alpha value is -1.73. The SMILES string of the molecule is Cc1c(C(=O)N2CCCO2)sc2nc[nH]c(=O)c12. The van der Waals surface area contributed by atoms with Crippen LogP contribution < -0.4 is 5.56 Å². The van der Waals surface area contributed by atoms with Crippen LogP contribution in [-0.4, -0.2) is 34.1 Å². The summed E-state index contributed by atoms with van der Waals surface area (Å²) in [6.07, 6.45) is 2.19. The number of hydrogen-bond acceptors (Lipinski definition) is 5. The Balaban J connectivity index is 2.12. The topological polar surface area (TPSA) is 75.3 Å². The highest BCUT2D eigenvalue weighted by Crippen LogP contribution is 2.28. The summed E-state index contributed by atoms with van der Waals surface area (Å²) in [5.74, 6) is -0.188. The molecule has 3 rings (SSSR count). The highest BCUT2D eigenvalue weighted by Gasteiger charge is 2.26. The molecular weight excluding hydrogens is 254 g/mol. The Bertz CT molecular complexity index is 670. The molecule has 1 N–H and O–H groups in total. The minimum absolute atomic E-state index is 0.188. The molecule has 2 aromatic heterocycles. The van der Waals surface area contributed by atoms with Crippen molar-refractivity contribution in [2.75, 3.05) is 13.2 Å². The molecule has 1 fully saturated rings. The largest absolute Gasteiger partial charge is 0.313 e. The second-order valence-electron chi connectivity index (χ2n) is 4.06. The van der Waals surface area contributed by atoms with E-state index in [9.17, 15) is 9.59 Å². The smallest absolute Gasteiger partial charge is 0.287 e. The van der Waals surface area contributed by atoms with Gasteiger partial charge in [0.15, 0.2) is 0 Å². The number of nitrogens with one attached hydrogen (secondary N) is 1. The number of H-pyrrole nitrogens is 1. The molecule has 18 heavy (non-hydrogen) atoms. The highest BCUT2D eigenvalue weighted by molar-refractivity contribution is 7.20.